The van der Waals surface area contributed by atoms with Crippen LogP contribution in [0.15, 0.2) is 18.2 Å². The zero-order chi connectivity index (χ0) is 13.4. The van der Waals surface area contributed by atoms with Crippen LogP contribution in [0.1, 0.15) is 37.9 Å². The van der Waals surface area contributed by atoms with Crippen molar-refractivity contribution in [1.82, 2.24) is 0 Å². The van der Waals surface area contributed by atoms with E-state index in [4.69, 9.17) is 5.73 Å². The number of hydrogen-bond acceptors (Lipinski definition) is 1. The highest BCUT2D eigenvalue weighted by molar-refractivity contribution is 5.85. The van der Waals surface area contributed by atoms with Crippen LogP contribution in [0.4, 0.5) is 17.6 Å². The van der Waals surface area contributed by atoms with Gasteiger partial charge in [-0.3, -0.25) is 0 Å². The smallest absolute Gasteiger partial charge is 0.323 e. The van der Waals surface area contributed by atoms with Gasteiger partial charge in [0.15, 0.2) is 0 Å². The minimum atomic E-state index is -4.49. The average molecular weight is 286 g/mol. The minimum absolute atomic E-state index is 0. The van der Waals surface area contributed by atoms with Gasteiger partial charge in [0.05, 0.1) is 5.56 Å². The Labute approximate surface area is 110 Å². The summed E-state index contributed by atoms with van der Waals surface area (Å²) in [6.45, 7) is 5.24. The second kappa shape index (κ2) is 5.45. The van der Waals surface area contributed by atoms with Crippen LogP contribution in [0, 0.1) is 11.2 Å². The van der Waals surface area contributed by atoms with E-state index in [0.717, 1.165) is 12.1 Å². The molecule has 0 heterocycles. The molecule has 0 aromatic heterocycles. The Morgan fingerprint density at radius 2 is 1.61 bits per heavy atom. The lowest BCUT2D eigenvalue weighted by Gasteiger charge is -2.28. The molecule has 1 atom stereocenters. The Morgan fingerprint density at radius 3 is 2.00 bits per heavy atom. The van der Waals surface area contributed by atoms with Gasteiger partial charge < -0.3 is 5.73 Å². The predicted molar refractivity (Wildman–Crippen MR) is 65.0 cm³/mol. The van der Waals surface area contributed by atoms with Crippen LogP contribution in [0.5, 0.6) is 0 Å². The van der Waals surface area contributed by atoms with Crippen molar-refractivity contribution in [3.63, 3.8) is 0 Å². The molecule has 1 nitrogen and oxygen atoms in total. The molecule has 0 aliphatic rings. The van der Waals surface area contributed by atoms with Crippen LogP contribution in [-0.2, 0) is 6.18 Å². The summed E-state index contributed by atoms with van der Waals surface area (Å²) < 4.78 is 51.0. The van der Waals surface area contributed by atoms with Crippen LogP contribution in [0.2, 0.25) is 0 Å². The number of alkyl halides is 3. The van der Waals surface area contributed by atoms with E-state index in [-0.39, 0.29) is 18.0 Å². The van der Waals surface area contributed by atoms with Gasteiger partial charge in [0.25, 0.3) is 0 Å². The van der Waals surface area contributed by atoms with Crippen LogP contribution < -0.4 is 5.73 Å². The minimum Gasteiger partial charge on any atom is -0.323 e. The maximum atomic E-state index is 13.5. The summed E-state index contributed by atoms with van der Waals surface area (Å²) in [5, 5.41) is 0. The topological polar surface area (TPSA) is 26.0 Å². The third-order valence-corrected chi connectivity index (χ3v) is 2.59. The van der Waals surface area contributed by atoms with Crippen LogP contribution in [0.3, 0.4) is 0 Å². The largest absolute Gasteiger partial charge is 0.416 e. The van der Waals surface area contributed by atoms with Gasteiger partial charge in [-0.2, -0.15) is 13.2 Å². The van der Waals surface area contributed by atoms with Gasteiger partial charge in [-0.25, -0.2) is 4.39 Å². The maximum Gasteiger partial charge on any atom is 0.416 e. The van der Waals surface area contributed by atoms with E-state index in [1.165, 1.54) is 0 Å². The molecule has 1 aromatic rings. The Kier molecular flexibility index (Phi) is 5.20. The first-order valence-corrected chi connectivity index (χ1v) is 5.15. The average Bonchev–Trinajstić information content (AvgIpc) is 2.14. The zero-order valence-corrected chi connectivity index (χ0v) is 11.1. The molecule has 0 aliphatic heterocycles. The van der Waals surface area contributed by atoms with Gasteiger partial charge in [0, 0.05) is 11.6 Å². The summed E-state index contributed by atoms with van der Waals surface area (Å²) in [6.07, 6.45) is -4.49. The van der Waals surface area contributed by atoms with E-state index < -0.39 is 29.0 Å². The second-order valence-corrected chi connectivity index (χ2v) is 5.08. The molecule has 0 saturated heterocycles. The summed E-state index contributed by atoms with van der Waals surface area (Å²) in [6, 6.07) is 1.52. The summed E-state index contributed by atoms with van der Waals surface area (Å²) in [4.78, 5) is 0. The van der Waals surface area contributed by atoms with Crippen molar-refractivity contribution in [2.24, 2.45) is 11.1 Å². The van der Waals surface area contributed by atoms with Gasteiger partial charge in [-0.15, -0.1) is 12.4 Å². The number of nitrogens with two attached hydrogens (primary N) is 1. The Balaban J connectivity index is 0.00000289. The maximum absolute atomic E-state index is 13.5. The van der Waals surface area contributed by atoms with Crippen molar-refractivity contribution in [3.8, 4) is 0 Å². The zero-order valence-electron chi connectivity index (χ0n) is 10.3. The van der Waals surface area contributed by atoms with Crippen molar-refractivity contribution in [3.05, 3.63) is 35.1 Å². The van der Waals surface area contributed by atoms with E-state index >= 15 is 0 Å². The summed E-state index contributed by atoms with van der Waals surface area (Å²) in [7, 11) is 0. The fraction of sp³-hybridized carbons (Fsp3) is 0.500. The molecule has 104 valence electrons. The number of benzene rings is 1. The summed E-state index contributed by atoms with van der Waals surface area (Å²) in [5.41, 5.74) is 4.28. The molecule has 0 aliphatic carbocycles. The van der Waals surface area contributed by atoms with Crippen molar-refractivity contribution < 1.29 is 17.6 Å². The molecule has 0 radical (unpaired) electrons. The van der Waals surface area contributed by atoms with Gasteiger partial charge in [0.1, 0.15) is 5.82 Å². The third kappa shape index (κ3) is 3.85. The fourth-order valence-electron chi connectivity index (χ4n) is 1.42. The normalized spacial score (nSPS) is 14.0. The lowest BCUT2D eigenvalue weighted by molar-refractivity contribution is -0.137. The highest BCUT2D eigenvalue weighted by Gasteiger charge is 2.33. The van der Waals surface area contributed by atoms with E-state index in [1.807, 2.05) is 0 Å². The van der Waals surface area contributed by atoms with Crippen LogP contribution in [-0.4, -0.2) is 0 Å². The first-order chi connectivity index (χ1) is 7.53. The SMILES string of the molecule is CC(C)(C)[C@@H](N)c1cc(C(F)(F)F)ccc1F.Cl. The molecule has 1 rings (SSSR count). The summed E-state index contributed by atoms with van der Waals surface area (Å²) >= 11 is 0. The molecule has 2 N–H and O–H groups in total. The predicted octanol–water partition coefficient (Wildman–Crippen LogP) is 4.31. The monoisotopic (exact) mass is 285 g/mol. The highest BCUT2D eigenvalue weighted by Crippen LogP contribution is 2.36. The Morgan fingerprint density at radius 1 is 1.11 bits per heavy atom. The van der Waals surface area contributed by atoms with Crippen molar-refractivity contribution in [2.45, 2.75) is 33.0 Å². The lowest BCUT2D eigenvalue weighted by Crippen LogP contribution is -2.27. The van der Waals surface area contributed by atoms with Gasteiger partial charge in [-0.05, 0) is 23.6 Å². The first-order valence-electron chi connectivity index (χ1n) is 5.15. The molecule has 0 bridgehead atoms. The molecule has 0 saturated carbocycles. The number of halogens is 5. The number of hydrogen-bond donors (Lipinski definition) is 1. The molecular weight excluding hydrogens is 270 g/mol. The quantitative estimate of drug-likeness (QED) is 0.765. The molecule has 0 fully saturated rings. The molecular formula is C12H16ClF4N. The fourth-order valence-corrected chi connectivity index (χ4v) is 1.42. The van der Waals surface area contributed by atoms with E-state index in [0.29, 0.717) is 6.07 Å². The molecule has 0 spiro atoms. The Hall–Kier alpha value is -0.810. The van der Waals surface area contributed by atoms with Crippen LogP contribution in [0.25, 0.3) is 0 Å². The summed E-state index contributed by atoms with van der Waals surface area (Å²) in [5.74, 6) is -0.708. The van der Waals surface area contributed by atoms with Gasteiger partial charge >= 0.3 is 6.18 Å². The second-order valence-electron chi connectivity index (χ2n) is 5.08. The molecule has 0 unspecified atom stereocenters. The third-order valence-electron chi connectivity index (χ3n) is 2.59. The van der Waals surface area contributed by atoms with Crippen molar-refractivity contribution in [1.29, 1.82) is 0 Å². The Bertz CT molecular complexity index is 410. The van der Waals surface area contributed by atoms with Gasteiger partial charge in [-0.1, -0.05) is 20.8 Å². The van der Waals surface area contributed by atoms with Crippen molar-refractivity contribution >= 4 is 12.4 Å². The van der Waals surface area contributed by atoms with Gasteiger partial charge in [0.2, 0.25) is 0 Å². The standard InChI is InChI=1S/C12H15F4N.ClH/c1-11(2,3)10(17)8-6-7(12(14,15)16)4-5-9(8)13;/h4-6,10H,17H2,1-3H3;1H/t10-;/m0./s1. The van der Waals surface area contributed by atoms with E-state index in [9.17, 15) is 17.6 Å². The number of rotatable bonds is 1. The van der Waals surface area contributed by atoms with Crippen molar-refractivity contribution in [2.75, 3.05) is 0 Å². The first kappa shape index (κ1) is 17.2. The van der Waals surface area contributed by atoms with E-state index in [1.54, 1.807) is 20.8 Å². The molecule has 6 heteroatoms. The molecule has 0 amide bonds. The highest BCUT2D eigenvalue weighted by atomic mass is 35.5. The lowest BCUT2D eigenvalue weighted by atomic mass is 9.82. The molecule has 1 aromatic carbocycles. The molecule has 18 heavy (non-hydrogen) atoms. The van der Waals surface area contributed by atoms with Crippen LogP contribution >= 0.6 is 12.4 Å². The van der Waals surface area contributed by atoms with E-state index in [2.05, 4.69) is 0 Å².